The lowest BCUT2D eigenvalue weighted by molar-refractivity contribution is -0.385. The monoisotopic (exact) mass is 486 g/mol. The van der Waals surface area contributed by atoms with Gasteiger partial charge in [-0.05, 0) is 46.5 Å². The third kappa shape index (κ3) is 5.59. The Morgan fingerprint density at radius 3 is 1.03 bits per heavy atom. The Morgan fingerprint density at radius 1 is 0.514 bits per heavy atom. The fraction of sp³-hybridized carbons (Fsp3) is 0.0769. The van der Waals surface area contributed by atoms with Crippen molar-refractivity contribution in [2.45, 2.75) is 10.5 Å². The molecule has 0 spiro atoms. The van der Waals surface area contributed by atoms with E-state index in [-0.39, 0.29) is 21.9 Å². The maximum absolute atomic E-state index is 11.2. The van der Waals surface area contributed by atoms with Crippen LogP contribution in [0.3, 0.4) is 0 Å². The van der Waals surface area contributed by atoms with Crippen molar-refractivity contribution in [3.8, 4) is 0 Å². The van der Waals surface area contributed by atoms with Crippen LogP contribution in [0.4, 0.5) is 22.7 Å². The summed E-state index contributed by atoms with van der Waals surface area (Å²) in [5.41, 5.74) is 16.8. The van der Waals surface area contributed by atoms with Gasteiger partial charge >= 0.3 is 0 Å². The minimum Gasteiger partial charge on any atom is -0.399 e. The standard InChI is InChI=1S/C26H22N4O4S/c27-21-9-1-17(2-10-21)25(19-5-13-23(14-6-19)29(31)32)35-26(18-3-11-22(28)12-4-18)20-7-15-24(16-8-20)30(33)34/h1-16,25-26H,27-28H2. The van der Waals surface area contributed by atoms with E-state index in [1.807, 2.05) is 48.5 Å². The third-order valence-corrected chi connectivity index (χ3v) is 7.20. The van der Waals surface area contributed by atoms with Crippen LogP contribution < -0.4 is 11.5 Å². The summed E-state index contributed by atoms with van der Waals surface area (Å²) >= 11 is 1.62. The van der Waals surface area contributed by atoms with Gasteiger partial charge in [-0.3, -0.25) is 20.2 Å². The normalized spacial score (nSPS) is 12.6. The Morgan fingerprint density at radius 2 is 0.771 bits per heavy atom. The number of nitro benzene ring substituents is 2. The van der Waals surface area contributed by atoms with Gasteiger partial charge in [0.2, 0.25) is 0 Å². The predicted molar refractivity (Wildman–Crippen MR) is 139 cm³/mol. The Labute approximate surface area is 205 Å². The number of nitrogens with two attached hydrogens (primary N) is 2. The molecule has 0 aromatic heterocycles. The van der Waals surface area contributed by atoms with Crippen LogP contribution >= 0.6 is 11.8 Å². The number of anilines is 2. The van der Waals surface area contributed by atoms with E-state index in [1.165, 1.54) is 24.3 Å². The van der Waals surface area contributed by atoms with Gasteiger partial charge in [0, 0.05) is 35.6 Å². The second-order valence-electron chi connectivity index (χ2n) is 7.93. The molecule has 4 aromatic rings. The Kier molecular flexibility index (Phi) is 6.98. The summed E-state index contributed by atoms with van der Waals surface area (Å²) in [6.07, 6.45) is 0. The number of non-ortho nitro benzene ring substituents is 2. The molecule has 176 valence electrons. The lowest BCUT2D eigenvalue weighted by Crippen LogP contribution is -2.05. The van der Waals surface area contributed by atoms with Gasteiger partial charge in [0.15, 0.2) is 0 Å². The molecule has 0 heterocycles. The summed E-state index contributed by atoms with van der Waals surface area (Å²) in [6.45, 7) is 0. The number of hydrogen-bond acceptors (Lipinski definition) is 7. The molecule has 0 radical (unpaired) electrons. The van der Waals surface area contributed by atoms with Crippen LogP contribution in [0.25, 0.3) is 0 Å². The molecule has 0 amide bonds. The number of rotatable bonds is 8. The summed E-state index contributed by atoms with van der Waals surface area (Å²) in [6, 6.07) is 28.0. The summed E-state index contributed by atoms with van der Waals surface area (Å²) in [5.74, 6) is 0. The van der Waals surface area contributed by atoms with Crippen LogP contribution in [0.15, 0.2) is 97.1 Å². The summed E-state index contributed by atoms with van der Waals surface area (Å²) in [7, 11) is 0. The van der Waals surface area contributed by atoms with Gasteiger partial charge in [-0.1, -0.05) is 48.5 Å². The maximum atomic E-state index is 11.2. The fourth-order valence-electron chi connectivity index (χ4n) is 3.72. The molecule has 0 fully saturated rings. The van der Waals surface area contributed by atoms with Crippen molar-refractivity contribution in [2.75, 3.05) is 11.5 Å². The molecule has 2 atom stereocenters. The van der Waals surface area contributed by atoms with Crippen molar-refractivity contribution in [2.24, 2.45) is 0 Å². The SMILES string of the molecule is Nc1ccc(C(SC(c2ccc(N)cc2)c2ccc([N+](=O)[O-])cc2)c2ccc([N+](=O)[O-])cc2)cc1. The van der Waals surface area contributed by atoms with Gasteiger partial charge in [0.1, 0.15) is 0 Å². The van der Waals surface area contributed by atoms with E-state index >= 15 is 0 Å². The molecule has 8 nitrogen and oxygen atoms in total. The molecule has 4 aromatic carbocycles. The van der Waals surface area contributed by atoms with Gasteiger partial charge in [-0.2, -0.15) is 0 Å². The molecular weight excluding hydrogens is 464 g/mol. The maximum Gasteiger partial charge on any atom is 0.269 e. The molecule has 0 saturated heterocycles. The van der Waals surface area contributed by atoms with E-state index < -0.39 is 9.85 Å². The number of nitrogen functional groups attached to an aromatic ring is 2. The molecule has 4 N–H and O–H groups in total. The highest BCUT2D eigenvalue weighted by Gasteiger charge is 2.25. The van der Waals surface area contributed by atoms with E-state index in [0.29, 0.717) is 11.4 Å². The smallest absolute Gasteiger partial charge is 0.269 e. The first-order valence-electron chi connectivity index (χ1n) is 10.7. The molecule has 35 heavy (non-hydrogen) atoms. The predicted octanol–water partition coefficient (Wildman–Crippen LogP) is 6.28. The third-order valence-electron chi connectivity index (χ3n) is 5.56. The molecule has 0 bridgehead atoms. The summed E-state index contributed by atoms with van der Waals surface area (Å²) < 4.78 is 0. The zero-order valence-electron chi connectivity index (χ0n) is 18.5. The van der Waals surface area contributed by atoms with Gasteiger partial charge < -0.3 is 11.5 Å². The molecule has 0 aliphatic carbocycles. The van der Waals surface area contributed by atoms with E-state index in [2.05, 4.69) is 0 Å². The van der Waals surface area contributed by atoms with E-state index in [0.717, 1.165) is 22.3 Å². The number of nitro groups is 2. The topological polar surface area (TPSA) is 138 Å². The van der Waals surface area contributed by atoms with Crippen LogP contribution in [-0.2, 0) is 0 Å². The minimum absolute atomic E-state index is 0.0141. The second kappa shape index (κ2) is 10.3. The van der Waals surface area contributed by atoms with Gasteiger partial charge in [0.25, 0.3) is 11.4 Å². The molecule has 9 heteroatoms. The van der Waals surface area contributed by atoms with Gasteiger partial charge in [-0.15, -0.1) is 11.8 Å². The average molecular weight is 487 g/mol. The number of nitrogens with zero attached hydrogens (tertiary/aromatic N) is 2. The van der Waals surface area contributed by atoms with Crippen LogP contribution in [0.1, 0.15) is 32.8 Å². The number of benzene rings is 4. The zero-order valence-corrected chi connectivity index (χ0v) is 19.3. The van der Waals surface area contributed by atoms with Crippen LogP contribution in [0.5, 0.6) is 0 Å². The van der Waals surface area contributed by atoms with Crippen LogP contribution in [-0.4, -0.2) is 9.85 Å². The van der Waals surface area contributed by atoms with Crippen molar-refractivity contribution in [3.05, 3.63) is 140 Å². The highest BCUT2D eigenvalue weighted by molar-refractivity contribution is 8.00. The first-order chi connectivity index (χ1) is 16.8. The van der Waals surface area contributed by atoms with E-state index in [1.54, 1.807) is 36.0 Å². The fourth-order valence-corrected chi connectivity index (χ4v) is 5.25. The molecule has 0 saturated carbocycles. The highest BCUT2D eigenvalue weighted by Crippen LogP contribution is 2.48. The Balaban J connectivity index is 1.79. The first kappa shape index (κ1) is 23.8. The minimum atomic E-state index is -0.427. The Hall–Kier alpha value is -4.37. The number of hydrogen-bond donors (Lipinski definition) is 2. The second-order valence-corrected chi connectivity index (χ2v) is 9.14. The summed E-state index contributed by atoms with van der Waals surface area (Å²) in [5, 5.41) is 21.9. The quantitative estimate of drug-likeness (QED) is 0.170. The van der Waals surface area contributed by atoms with E-state index in [4.69, 9.17) is 11.5 Å². The Bertz CT molecular complexity index is 1220. The summed E-state index contributed by atoms with van der Waals surface area (Å²) in [4.78, 5) is 21.5. The van der Waals surface area contributed by atoms with Crippen LogP contribution in [0.2, 0.25) is 0 Å². The van der Waals surface area contributed by atoms with Crippen LogP contribution in [0, 0.1) is 20.2 Å². The van der Waals surface area contributed by atoms with Crippen molar-refractivity contribution in [1.29, 1.82) is 0 Å². The molecule has 0 aliphatic rings. The molecule has 0 aliphatic heterocycles. The average Bonchev–Trinajstić information content (AvgIpc) is 2.86. The van der Waals surface area contributed by atoms with Gasteiger partial charge in [-0.25, -0.2) is 0 Å². The van der Waals surface area contributed by atoms with E-state index in [9.17, 15) is 20.2 Å². The van der Waals surface area contributed by atoms with Gasteiger partial charge in [0.05, 0.1) is 20.3 Å². The number of thioether (sulfide) groups is 1. The first-order valence-corrected chi connectivity index (χ1v) is 11.6. The van der Waals surface area contributed by atoms with Crippen molar-refractivity contribution >= 4 is 34.5 Å². The van der Waals surface area contributed by atoms with Crippen molar-refractivity contribution in [1.82, 2.24) is 0 Å². The highest BCUT2D eigenvalue weighted by atomic mass is 32.2. The van der Waals surface area contributed by atoms with Crippen molar-refractivity contribution in [3.63, 3.8) is 0 Å². The molecule has 2 unspecified atom stereocenters. The largest absolute Gasteiger partial charge is 0.399 e. The van der Waals surface area contributed by atoms with Crippen molar-refractivity contribution < 1.29 is 9.85 Å². The lowest BCUT2D eigenvalue weighted by Gasteiger charge is -2.25. The zero-order chi connectivity index (χ0) is 24.9. The molecule has 4 rings (SSSR count). The molecular formula is C26H22N4O4S. The lowest BCUT2D eigenvalue weighted by atomic mass is 10.0.